The van der Waals surface area contributed by atoms with Crippen LogP contribution in [-0.2, 0) is 5.54 Å². The second-order valence-electron chi connectivity index (χ2n) is 4.69. The molecule has 1 atom stereocenters. The molecule has 0 saturated carbocycles. The maximum absolute atomic E-state index is 13.6. The molecule has 17 heavy (non-hydrogen) atoms. The largest absolute Gasteiger partial charge is 0.340 e. The van der Waals surface area contributed by atoms with Crippen molar-refractivity contribution in [3.05, 3.63) is 29.8 Å². The third-order valence-corrected chi connectivity index (χ3v) is 3.76. The SMILES string of the molecule is CCC1(c2nc3c(F)cccc3[nH]2)CCCN1. The van der Waals surface area contributed by atoms with Gasteiger partial charge in [0.15, 0.2) is 5.82 Å². The number of hydrogen-bond donors (Lipinski definition) is 2. The van der Waals surface area contributed by atoms with Gasteiger partial charge in [-0.2, -0.15) is 0 Å². The fourth-order valence-corrected chi connectivity index (χ4v) is 2.70. The molecule has 1 aromatic heterocycles. The van der Waals surface area contributed by atoms with Gasteiger partial charge in [0.05, 0.1) is 11.1 Å². The summed E-state index contributed by atoms with van der Waals surface area (Å²) < 4.78 is 13.6. The Kier molecular flexibility index (Phi) is 2.40. The zero-order valence-corrected chi connectivity index (χ0v) is 9.89. The molecular formula is C13H16FN3. The molecule has 2 N–H and O–H groups in total. The fourth-order valence-electron chi connectivity index (χ4n) is 2.70. The van der Waals surface area contributed by atoms with E-state index in [0.29, 0.717) is 5.52 Å². The van der Waals surface area contributed by atoms with E-state index in [1.54, 1.807) is 6.07 Å². The van der Waals surface area contributed by atoms with Crippen LogP contribution in [0, 0.1) is 5.82 Å². The predicted molar refractivity (Wildman–Crippen MR) is 65.3 cm³/mol. The monoisotopic (exact) mass is 233 g/mol. The van der Waals surface area contributed by atoms with Crippen molar-refractivity contribution in [2.75, 3.05) is 6.54 Å². The maximum atomic E-state index is 13.6. The number of rotatable bonds is 2. The molecule has 1 aromatic carbocycles. The Morgan fingerprint density at radius 2 is 2.35 bits per heavy atom. The highest BCUT2D eigenvalue weighted by Gasteiger charge is 2.36. The fraction of sp³-hybridized carbons (Fsp3) is 0.462. The smallest absolute Gasteiger partial charge is 0.151 e. The van der Waals surface area contributed by atoms with Crippen molar-refractivity contribution in [3.8, 4) is 0 Å². The van der Waals surface area contributed by atoms with E-state index < -0.39 is 0 Å². The highest BCUT2D eigenvalue weighted by Crippen LogP contribution is 2.33. The van der Waals surface area contributed by atoms with Crippen LogP contribution in [0.2, 0.25) is 0 Å². The van der Waals surface area contributed by atoms with E-state index in [4.69, 9.17) is 0 Å². The van der Waals surface area contributed by atoms with Crippen LogP contribution in [0.5, 0.6) is 0 Å². The molecule has 0 bridgehead atoms. The van der Waals surface area contributed by atoms with Gasteiger partial charge < -0.3 is 10.3 Å². The molecule has 1 aliphatic rings. The molecule has 0 spiro atoms. The van der Waals surface area contributed by atoms with Gasteiger partial charge in [0.25, 0.3) is 0 Å². The molecule has 0 radical (unpaired) electrons. The third-order valence-electron chi connectivity index (χ3n) is 3.76. The second kappa shape index (κ2) is 3.81. The van der Waals surface area contributed by atoms with Crippen molar-refractivity contribution < 1.29 is 4.39 Å². The molecule has 2 aromatic rings. The highest BCUT2D eigenvalue weighted by atomic mass is 19.1. The van der Waals surface area contributed by atoms with Crippen LogP contribution in [0.15, 0.2) is 18.2 Å². The molecule has 1 unspecified atom stereocenters. The number of hydrogen-bond acceptors (Lipinski definition) is 2. The molecule has 1 saturated heterocycles. The molecule has 2 heterocycles. The molecule has 0 aliphatic carbocycles. The average molecular weight is 233 g/mol. The molecule has 0 amide bonds. The minimum atomic E-state index is -0.255. The number of imidazole rings is 1. The number of fused-ring (bicyclic) bond motifs is 1. The maximum Gasteiger partial charge on any atom is 0.151 e. The zero-order chi connectivity index (χ0) is 11.9. The van der Waals surface area contributed by atoms with Gasteiger partial charge >= 0.3 is 0 Å². The van der Waals surface area contributed by atoms with E-state index in [2.05, 4.69) is 22.2 Å². The molecule has 1 aliphatic heterocycles. The Morgan fingerprint density at radius 3 is 3.00 bits per heavy atom. The molecular weight excluding hydrogens is 217 g/mol. The predicted octanol–water partition coefficient (Wildman–Crippen LogP) is 2.69. The van der Waals surface area contributed by atoms with Crippen LogP contribution in [-0.4, -0.2) is 16.5 Å². The summed E-state index contributed by atoms with van der Waals surface area (Å²) in [4.78, 5) is 7.70. The van der Waals surface area contributed by atoms with Gasteiger partial charge in [0.2, 0.25) is 0 Å². The second-order valence-corrected chi connectivity index (χ2v) is 4.69. The topological polar surface area (TPSA) is 40.7 Å². The van der Waals surface area contributed by atoms with Crippen LogP contribution in [0.3, 0.4) is 0 Å². The summed E-state index contributed by atoms with van der Waals surface area (Å²) in [6.07, 6.45) is 3.17. The number of nitrogens with one attached hydrogen (secondary N) is 2. The third kappa shape index (κ3) is 1.55. The average Bonchev–Trinajstić information content (AvgIpc) is 2.96. The number of halogens is 1. The van der Waals surface area contributed by atoms with Crippen LogP contribution >= 0.6 is 0 Å². The van der Waals surface area contributed by atoms with E-state index in [9.17, 15) is 4.39 Å². The number of nitrogens with zero attached hydrogens (tertiary/aromatic N) is 1. The summed E-state index contributed by atoms with van der Waals surface area (Å²) >= 11 is 0. The van der Waals surface area contributed by atoms with Crippen molar-refractivity contribution in [3.63, 3.8) is 0 Å². The summed E-state index contributed by atoms with van der Waals surface area (Å²) in [5, 5.41) is 3.50. The first-order chi connectivity index (χ1) is 8.25. The van der Waals surface area contributed by atoms with Crippen molar-refractivity contribution in [2.24, 2.45) is 0 Å². The molecule has 90 valence electrons. The first-order valence-electron chi connectivity index (χ1n) is 6.15. The van der Waals surface area contributed by atoms with Gasteiger partial charge in [-0.1, -0.05) is 13.0 Å². The minimum Gasteiger partial charge on any atom is -0.340 e. The minimum absolute atomic E-state index is 0.0918. The van der Waals surface area contributed by atoms with Crippen molar-refractivity contribution in [2.45, 2.75) is 31.7 Å². The zero-order valence-electron chi connectivity index (χ0n) is 9.89. The molecule has 3 nitrogen and oxygen atoms in total. The summed E-state index contributed by atoms with van der Waals surface area (Å²) in [5.41, 5.74) is 1.14. The van der Waals surface area contributed by atoms with Gasteiger partial charge in [-0.3, -0.25) is 0 Å². The number of para-hydroxylation sites is 1. The molecule has 4 heteroatoms. The van der Waals surface area contributed by atoms with Gasteiger partial charge in [-0.25, -0.2) is 9.37 Å². The normalized spacial score (nSPS) is 24.6. The van der Waals surface area contributed by atoms with Gasteiger partial charge in [-0.05, 0) is 37.9 Å². The summed E-state index contributed by atoms with van der Waals surface area (Å²) in [6.45, 7) is 3.15. The highest BCUT2D eigenvalue weighted by molar-refractivity contribution is 5.75. The van der Waals surface area contributed by atoms with Crippen LogP contribution < -0.4 is 5.32 Å². The van der Waals surface area contributed by atoms with E-state index in [1.165, 1.54) is 6.07 Å². The quantitative estimate of drug-likeness (QED) is 0.837. The Labute approximate surface area is 99.4 Å². The van der Waals surface area contributed by atoms with Crippen LogP contribution in [0.25, 0.3) is 11.0 Å². The number of H-pyrrole nitrogens is 1. The van der Waals surface area contributed by atoms with Gasteiger partial charge in [-0.15, -0.1) is 0 Å². The first kappa shape index (κ1) is 10.7. The Hall–Kier alpha value is -1.42. The number of aromatic nitrogens is 2. The number of aromatic amines is 1. The van der Waals surface area contributed by atoms with E-state index in [1.807, 2.05) is 6.07 Å². The standard InChI is InChI=1S/C13H16FN3/c1-2-13(7-4-8-15-13)12-16-10-6-3-5-9(14)11(10)17-12/h3,5-6,15H,2,4,7-8H2,1H3,(H,16,17). The molecule has 3 rings (SSSR count). The Morgan fingerprint density at radius 1 is 1.47 bits per heavy atom. The Balaban J connectivity index is 2.14. The van der Waals surface area contributed by atoms with Crippen molar-refractivity contribution >= 4 is 11.0 Å². The lowest BCUT2D eigenvalue weighted by molar-refractivity contribution is 0.356. The lowest BCUT2D eigenvalue weighted by Gasteiger charge is -2.25. The Bertz CT molecular complexity index is 541. The van der Waals surface area contributed by atoms with Crippen LogP contribution in [0.4, 0.5) is 4.39 Å². The van der Waals surface area contributed by atoms with Crippen LogP contribution in [0.1, 0.15) is 32.0 Å². The van der Waals surface area contributed by atoms with E-state index >= 15 is 0 Å². The van der Waals surface area contributed by atoms with Gasteiger partial charge in [0, 0.05) is 0 Å². The van der Waals surface area contributed by atoms with Gasteiger partial charge in [0.1, 0.15) is 11.3 Å². The summed E-state index contributed by atoms with van der Waals surface area (Å²) in [5.74, 6) is 0.617. The van der Waals surface area contributed by atoms with E-state index in [0.717, 1.165) is 37.1 Å². The first-order valence-corrected chi connectivity index (χ1v) is 6.15. The van der Waals surface area contributed by atoms with E-state index in [-0.39, 0.29) is 11.4 Å². The molecule has 1 fully saturated rings. The lowest BCUT2D eigenvalue weighted by atomic mass is 9.93. The lowest BCUT2D eigenvalue weighted by Crippen LogP contribution is -2.37. The number of benzene rings is 1. The van der Waals surface area contributed by atoms with Crippen molar-refractivity contribution in [1.82, 2.24) is 15.3 Å². The summed E-state index contributed by atoms with van der Waals surface area (Å²) in [7, 11) is 0. The van der Waals surface area contributed by atoms with Crippen molar-refractivity contribution in [1.29, 1.82) is 0 Å². The summed E-state index contributed by atoms with van der Waals surface area (Å²) in [6, 6.07) is 5.03.